The maximum atomic E-state index is 10.5. The van der Waals surface area contributed by atoms with Crippen molar-refractivity contribution < 1.29 is 48.1 Å². The summed E-state index contributed by atoms with van der Waals surface area (Å²) in [6, 6.07) is 16.7. The van der Waals surface area contributed by atoms with Crippen LogP contribution in [0.25, 0.3) is 62.6 Å². The summed E-state index contributed by atoms with van der Waals surface area (Å²) >= 11 is 5.43. The molecular weight excluding hydrogens is 926 g/mol. The van der Waals surface area contributed by atoms with E-state index < -0.39 is 0 Å². The van der Waals surface area contributed by atoms with Crippen molar-refractivity contribution in [1.29, 1.82) is 5.41 Å². The van der Waals surface area contributed by atoms with Crippen molar-refractivity contribution in [2.45, 2.75) is 59.8 Å². The predicted octanol–water partition coefficient (Wildman–Crippen LogP) is 11.0. The molecule has 0 aliphatic carbocycles. The molecule has 63 heavy (non-hydrogen) atoms. The third-order valence-corrected chi connectivity index (χ3v) is 9.38. The van der Waals surface area contributed by atoms with E-state index in [1.165, 1.54) is 60.1 Å². The van der Waals surface area contributed by atoms with Gasteiger partial charge in [0.2, 0.25) is 0 Å². The van der Waals surface area contributed by atoms with Crippen LogP contribution in [0, 0.1) is 10.8 Å². The van der Waals surface area contributed by atoms with Crippen LogP contribution in [0.2, 0.25) is 0 Å². The Morgan fingerprint density at radius 3 is 1.81 bits per heavy atom. The number of nitrogens with zero attached hydrogens (tertiary/aromatic N) is 6. The summed E-state index contributed by atoms with van der Waals surface area (Å²) in [6.45, 7) is 8.96. The van der Waals surface area contributed by atoms with Crippen LogP contribution >= 0.6 is 23.6 Å². The summed E-state index contributed by atoms with van der Waals surface area (Å²) in [6.07, 6.45) is 19.7. The smallest absolute Gasteiger partial charge is 0.753 e. The van der Waals surface area contributed by atoms with E-state index in [0.29, 0.717) is 53.4 Å². The first-order chi connectivity index (χ1) is 30.0. The fourth-order valence-electron chi connectivity index (χ4n) is 5.31. The van der Waals surface area contributed by atoms with Crippen molar-refractivity contribution in [1.82, 2.24) is 19.9 Å². The minimum absolute atomic E-state index is 0. The number of aryl methyl sites for hydroxylation is 1. The zero-order valence-electron chi connectivity index (χ0n) is 35.0. The molecule has 0 aliphatic heterocycles. The van der Waals surface area contributed by atoms with Crippen LogP contribution < -0.4 is 0 Å². The van der Waals surface area contributed by atoms with Gasteiger partial charge in [-0.2, -0.15) is 5.16 Å². The molecule has 0 spiro atoms. The second kappa shape index (κ2) is 28.9. The van der Waals surface area contributed by atoms with Gasteiger partial charge in [-0.25, -0.2) is 4.98 Å². The molecule has 0 atom stereocenters. The van der Waals surface area contributed by atoms with Gasteiger partial charge in [0.05, 0.1) is 47.3 Å². The number of rotatable bonds is 18. The van der Waals surface area contributed by atoms with Crippen LogP contribution in [0.4, 0.5) is 0 Å². The number of isothiocyanates is 1. The van der Waals surface area contributed by atoms with Gasteiger partial charge in [0.25, 0.3) is 19.4 Å². The van der Waals surface area contributed by atoms with E-state index in [0.717, 1.165) is 23.1 Å². The van der Waals surface area contributed by atoms with Gasteiger partial charge < -0.3 is 35.8 Å². The number of hydrogen-bond acceptors (Lipinski definition) is 13. The Morgan fingerprint density at radius 2 is 1.30 bits per heavy atom. The number of pyridine rings is 4. The largest absolute Gasteiger partial charge is 2.00 e. The molecule has 0 bridgehead atoms. The summed E-state index contributed by atoms with van der Waals surface area (Å²) in [7, 11) is 0. The van der Waals surface area contributed by atoms with E-state index in [1.54, 1.807) is 84.6 Å². The molecule has 5 aromatic heterocycles. The van der Waals surface area contributed by atoms with E-state index in [9.17, 15) is 14.4 Å². The number of thiophene rings is 1. The number of amidine groups is 2. The molecule has 2 N–H and O–H groups in total. The molecule has 0 aromatic carbocycles. The number of nitrogens with one attached hydrogen (secondary N) is 2. The third-order valence-electron chi connectivity index (χ3n) is 8.37. The first-order valence-electron chi connectivity index (χ1n) is 19.1. The van der Waals surface area contributed by atoms with Crippen LogP contribution in [0.3, 0.4) is 0 Å². The number of carbonyl (C=O) groups excluding carboxylic acids is 3. The SMILES string of the molecule is CCCCCCc1ccsc1-c1ccnc(C([NH-])=NC(=N)C(C)(C)C)c1.O=CO/C=C/c1ccnc(-c2cc(/C=C/OC=O)cc(-c3cc(/C=C/OC=O)ccn3)n2)c1.[N-]=C=S.[Ru+2]. The van der Waals surface area contributed by atoms with Gasteiger partial charge >= 0.3 is 19.5 Å². The summed E-state index contributed by atoms with van der Waals surface area (Å²) in [4.78, 5) is 54.3. The minimum atomic E-state index is -0.372. The third kappa shape index (κ3) is 18.6. The van der Waals surface area contributed by atoms with Crippen LogP contribution in [0.5, 0.6) is 0 Å². The fourth-order valence-corrected chi connectivity index (χ4v) is 6.26. The van der Waals surface area contributed by atoms with E-state index in [-0.39, 0.29) is 36.6 Å². The molecule has 0 amide bonds. The first kappa shape index (κ1) is 52.6. The van der Waals surface area contributed by atoms with Crippen molar-refractivity contribution in [2.24, 2.45) is 10.4 Å². The Bertz CT molecular complexity index is 2340. The number of carbonyl (C=O) groups is 3. The van der Waals surface area contributed by atoms with E-state index in [4.69, 9.17) is 16.6 Å². The van der Waals surface area contributed by atoms with Crippen LogP contribution in [0.1, 0.15) is 81.3 Å². The van der Waals surface area contributed by atoms with Crippen molar-refractivity contribution in [3.8, 4) is 33.2 Å². The zero-order valence-corrected chi connectivity index (χ0v) is 38.4. The Balaban J connectivity index is 0.000000412. The predicted molar refractivity (Wildman–Crippen MR) is 249 cm³/mol. The molecule has 5 heterocycles. The number of thiocarbonyl (C=S) groups is 1. The molecule has 326 valence electrons. The number of hydrogen-bond donors (Lipinski definition) is 1. The van der Waals surface area contributed by atoms with Gasteiger partial charge in [0.1, 0.15) is 0 Å². The normalized spacial score (nSPS) is 11.0. The van der Waals surface area contributed by atoms with Crippen molar-refractivity contribution in [3.05, 3.63) is 136 Å². The summed E-state index contributed by atoms with van der Waals surface area (Å²) < 4.78 is 13.8. The minimum Gasteiger partial charge on any atom is -0.753 e. The average Bonchev–Trinajstić information content (AvgIpc) is 3.74. The molecule has 5 aromatic rings. The monoisotopic (exact) mass is 972 g/mol. The molecule has 14 nitrogen and oxygen atoms in total. The van der Waals surface area contributed by atoms with E-state index >= 15 is 0 Å². The maximum absolute atomic E-state index is 10.5. The van der Waals surface area contributed by atoms with Gasteiger partial charge in [-0.3, -0.25) is 29.3 Å². The molecule has 0 saturated heterocycles. The quantitative estimate of drug-likeness (QED) is 0.0127. The van der Waals surface area contributed by atoms with Crippen LogP contribution in [-0.2, 0) is 54.5 Å². The summed E-state index contributed by atoms with van der Waals surface area (Å²) in [5.74, 6) is 0.246. The second-order valence-corrected chi connectivity index (χ2v) is 15.0. The molecule has 0 fully saturated rings. The Morgan fingerprint density at radius 1 is 0.794 bits per heavy atom. The van der Waals surface area contributed by atoms with Crippen molar-refractivity contribution in [3.63, 3.8) is 0 Å². The molecule has 17 heteroatoms. The van der Waals surface area contributed by atoms with Gasteiger partial charge in [-0.15, -0.1) is 11.3 Å². The van der Waals surface area contributed by atoms with Crippen molar-refractivity contribution in [2.75, 3.05) is 0 Å². The number of unbranched alkanes of at least 4 members (excludes halogenated alkanes) is 3. The molecular formula is C46H46N8O6RuS2. The molecule has 0 saturated carbocycles. The molecule has 0 unspecified atom stereocenters. The zero-order chi connectivity index (χ0) is 45.2. The summed E-state index contributed by atoms with van der Waals surface area (Å²) in [5.41, 5.74) is 15.2. The first-order valence-corrected chi connectivity index (χ1v) is 20.4. The Labute approximate surface area is 389 Å². The van der Waals surface area contributed by atoms with Crippen LogP contribution in [0.15, 0.2) is 102 Å². The number of aromatic nitrogens is 4. The van der Waals surface area contributed by atoms with Gasteiger partial charge in [-0.1, -0.05) is 59.2 Å². The van der Waals surface area contributed by atoms with Gasteiger partial charge in [0.15, 0.2) is 0 Å². The Hall–Kier alpha value is -6.51. The maximum Gasteiger partial charge on any atom is 2.00 e. The van der Waals surface area contributed by atoms with Gasteiger partial charge in [0, 0.05) is 29.3 Å². The molecule has 5 rings (SSSR count). The number of aliphatic imine (C=N–C) groups is 1. The Kier molecular flexibility index (Phi) is 24.2. The molecule has 0 aliphatic rings. The standard InChI is InChI=1S/C24H17N3O6.C21H29N4S.CNS.Ru/c28-15-31-8-3-18-1-6-25-21(11-18)23-13-20(5-10-33-17-30)14-24(27-23)22-12-19(2-7-26-22)4-9-32-16-29;1-5-6-7-8-9-15-11-13-26-18(15)16-10-12-24-17(14-16)19(22)25-20(23)21(2,3)4;2-1-3;/h1-17H;10-14H,5-9H2,1-4H3,(H2-,22,23,25);;/q;2*-1;+2/b8-3+,9-4+,10-5+;;;. The van der Waals surface area contributed by atoms with E-state index in [2.05, 4.69) is 69.7 Å². The van der Waals surface area contributed by atoms with Crippen LogP contribution in [-0.4, -0.2) is 56.2 Å². The summed E-state index contributed by atoms with van der Waals surface area (Å²) in [5, 5.41) is 18.6. The average molecular weight is 972 g/mol. The second-order valence-electron chi connectivity index (χ2n) is 13.9. The number of ether oxygens (including phenoxy) is 3. The molecule has 0 radical (unpaired) electrons. The van der Waals surface area contributed by atoms with Gasteiger partial charge in [-0.05, 0) is 130 Å². The fraction of sp³-hybridized carbons (Fsp3) is 0.217. The van der Waals surface area contributed by atoms with Crippen molar-refractivity contribution >= 4 is 78.0 Å². The van der Waals surface area contributed by atoms with E-state index in [1.807, 2.05) is 32.9 Å². The topological polar surface area (TPSA) is 213 Å².